The van der Waals surface area contributed by atoms with E-state index in [1.54, 1.807) is 43.6 Å². The summed E-state index contributed by atoms with van der Waals surface area (Å²) in [6.45, 7) is 1.77. The first-order valence-corrected chi connectivity index (χ1v) is 6.97. The highest BCUT2D eigenvalue weighted by Crippen LogP contribution is 2.34. The van der Waals surface area contributed by atoms with E-state index in [1.165, 1.54) is 4.90 Å². The average molecular weight is 313 g/mol. The monoisotopic (exact) mass is 313 g/mol. The molecule has 0 atom stereocenters. The molecule has 7 heteroatoms. The van der Waals surface area contributed by atoms with Crippen LogP contribution in [0, 0.1) is 6.92 Å². The molecule has 3 amide bonds. The van der Waals surface area contributed by atoms with Gasteiger partial charge in [-0.15, -0.1) is 0 Å². The van der Waals surface area contributed by atoms with Crippen LogP contribution in [0.25, 0.3) is 0 Å². The lowest BCUT2D eigenvalue weighted by Gasteiger charge is -2.19. The van der Waals surface area contributed by atoms with Crippen molar-refractivity contribution in [2.45, 2.75) is 6.92 Å². The summed E-state index contributed by atoms with van der Waals surface area (Å²) in [5, 5.41) is 2.25. The first kappa shape index (κ1) is 14.8. The zero-order valence-electron chi connectivity index (χ0n) is 12.7. The number of methoxy groups -OCH3 is 1. The molecular weight excluding hydrogens is 298 g/mol. The van der Waals surface area contributed by atoms with Gasteiger partial charge in [0.1, 0.15) is 23.7 Å². The highest BCUT2D eigenvalue weighted by molar-refractivity contribution is 6.13. The Balaban J connectivity index is 1.98. The second-order valence-electron chi connectivity index (χ2n) is 5.00. The van der Waals surface area contributed by atoms with Gasteiger partial charge in [-0.3, -0.25) is 15.0 Å². The highest BCUT2D eigenvalue weighted by atomic mass is 16.5. The van der Waals surface area contributed by atoms with Gasteiger partial charge >= 0.3 is 6.03 Å². The average Bonchev–Trinajstić information content (AvgIpc) is 2.86. The predicted octanol–water partition coefficient (Wildman–Crippen LogP) is 2.25. The molecule has 0 saturated carbocycles. The van der Waals surface area contributed by atoms with Crippen molar-refractivity contribution in [2.75, 3.05) is 18.6 Å². The number of benzene rings is 1. The van der Waals surface area contributed by atoms with Crippen molar-refractivity contribution in [1.82, 2.24) is 10.3 Å². The summed E-state index contributed by atoms with van der Waals surface area (Å²) in [4.78, 5) is 28.9. The first-order chi connectivity index (χ1) is 11.1. The van der Waals surface area contributed by atoms with Gasteiger partial charge in [-0.05, 0) is 30.7 Å². The molecule has 0 unspecified atom stereocenters. The van der Waals surface area contributed by atoms with Crippen molar-refractivity contribution < 1.29 is 19.1 Å². The van der Waals surface area contributed by atoms with Gasteiger partial charge in [-0.2, -0.15) is 0 Å². The van der Waals surface area contributed by atoms with Crippen LogP contribution in [0.15, 0.2) is 36.5 Å². The van der Waals surface area contributed by atoms with E-state index in [-0.39, 0.29) is 18.3 Å². The van der Waals surface area contributed by atoms with E-state index in [0.29, 0.717) is 17.2 Å². The highest BCUT2D eigenvalue weighted by Gasteiger charge is 2.31. The van der Waals surface area contributed by atoms with E-state index in [4.69, 9.17) is 9.47 Å². The SMILES string of the molecule is COc1cccc(Oc2nccc(C)c2N2CC(=O)NC2=O)c1. The van der Waals surface area contributed by atoms with E-state index >= 15 is 0 Å². The van der Waals surface area contributed by atoms with Gasteiger partial charge in [-0.25, -0.2) is 9.78 Å². The van der Waals surface area contributed by atoms with Gasteiger partial charge in [-0.1, -0.05) is 6.07 Å². The normalized spacial score (nSPS) is 13.9. The van der Waals surface area contributed by atoms with Crippen molar-refractivity contribution in [1.29, 1.82) is 0 Å². The van der Waals surface area contributed by atoms with Crippen LogP contribution < -0.4 is 19.7 Å². The molecule has 1 N–H and O–H groups in total. The number of aryl methyl sites for hydroxylation is 1. The van der Waals surface area contributed by atoms with E-state index in [0.717, 1.165) is 5.56 Å². The summed E-state index contributed by atoms with van der Waals surface area (Å²) in [5.74, 6) is 1.06. The maximum atomic E-state index is 11.9. The molecule has 3 rings (SSSR count). The molecule has 1 saturated heterocycles. The number of urea groups is 1. The lowest BCUT2D eigenvalue weighted by molar-refractivity contribution is -0.117. The number of hydrogen-bond donors (Lipinski definition) is 1. The molecule has 2 aromatic rings. The molecule has 0 radical (unpaired) electrons. The van der Waals surface area contributed by atoms with E-state index < -0.39 is 6.03 Å². The third-order valence-electron chi connectivity index (χ3n) is 3.41. The second-order valence-corrected chi connectivity index (χ2v) is 5.00. The molecular formula is C16H15N3O4. The van der Waals surface area contributed by atoms with Crippen molar-refractivity contribution in [3.8, 4) is 17.4 Å². The fraction of sp³-hybridized carbons (Fsp3) is 0.188. The maximum Gasteiger partial charge on any atom is 0.329 e. The van der Waals surface area contributed by atoms with Crippen LogP contribution in [0.2, 0.25) is 0 Å². The molecule has 0 bridgehead atoms. The van der Waals surface area contributed by atoms with Gasteiger partial charge in [0.2, 0.25) is 11.8 Å². The topological polar surface area (TPSA) is 80.8 Å². The molecule has 1 aromatic carbocycles. The number of aromatic nitrogens is 1. The smallest absolute Gasteiger partial charge is 0.329 e. The zero-order chi connectivity index (χ0) is 16.4. The summed E-state index contributed by atoms with van der Waals surface area (Å²) in [7, 11) is 1.57. The summed E-state index contributed by atoms with van der Waals surface area (Å²) >= 11 is 0. The quantitative estimate of drug-likeness (QED) is 0.876. The molecule has 0 spiro atoms. The molecule has 23 heavy (non-hydrogen) atoms. The Morgan fingerprint density at radius 2 is 2.00 bits per heavy atom. The third-order valence-corrected chi connectivity index (χ3v) is 3.41. The standard InChI is InChI=1S/C16H15N3O4/c1-10-6-7-17-15(14(10)19-9-13(20)18-16(19)21)23-12-5-3-4-11(8-12)22-2/h3-8H,9H2,1-2H3,(H,18,20,21). The van der Waals surface area contributed by atoms with Crippen LogP contribution in [0.4, 0.5) is 10.5 Å². The Bertz CT molecular complexity index is 776. The Kier molecular flexibility index (Phi) is 3.84. The molecule has 2 heterocycles. The predicted molar refractivity (Wildman–Crippen MR) is 82.9 cm³/mol. The number of nitrogens with one attached hydrogen (secondary N) is 1. The van der Waals surface area contributed by atoms with Crippen molar-refractivity contribution in [2.24, 2.45) is 0 Å². The lowest BCUT2D eigenvalue weighted by atomic mass is 10.2. The number of anilines is 1. The molecule has 118 valence electrons. The minimum Gasteiger partial charge on any atom is -0.497 e. The summed E-state index contributed by atoms with van der Waals surface area (Å²) in [6, 6.07) is 8.32. The number of amides is 3. The number of carbonyl (C=O) groups excluding carboxylic acids is 2. The summed E-state index contributed by atoms with van der Waals surface area (Å²) in [6.07, 6.45) is 1.59. The fourth-order valence-corrected chi connectivity index (χ4v) is 2.33. The number of ether oxygens (including phenoxy) is 2. The Morgan fingerprint density at radius 1 is 1.22 bits per heavy atom. The minimum absolute atomic E-state index is 0.0557. The van der Waals surface area contributed by atoms with E-state index in [2.05, 4.69) is 10.3 Å². The third kappa shape index (κ3) is 2.94. The van der Waals surface area contributed by atoms with Crippen LogP contribution in [0.3, 0.4) is 0 Å². The molecule has 1 fully saturated rings. The molecule has 1 aromatic heterocycles. The number of carbonyl (C=O) groups is 2. The maximum absolute atomic E-state index is 11.9. The van der Waals surface area contributed by atoms with Crippen molar-refractivity contribution in [3.05, 3.63) is 42.1 Å². The Hall–Kier alpha value is -3.09. The van der Waals surface area contributed by atoms with Gasteiger partial charge in [0, 0.05) is 12.3 Å². The fourth-order valence-electron chi connectivity index (χ4n) is 2.33. The first-order valence-electron chi connectivity index (χ1n) is 6.97. The number of rotatable bonds is 4. The molecule has 1 aliphatic heterocycles. The van der Waals surface area contributed by atoms with Crippen LogP contribution in [-0.4, -0.2) is 30.6 Å². The Labute approximate surface area is 132 Å². The lowest BCUT2D eigenvalue weighted by Crippen LogP contribution is -2.29. The van der Waals surface area contributed by atoms with Gasteiger partial charge in [0.25, 0.3) is 0 Å². The number of imide groups is 1. The number of hydrogen-bond acceptors (Lipinski definition) is 5. The van der Waals surface area contributed by atoms with Crippen molar-refractivity contribution >= 4 is 17.6 Å². The molecule has 7 nitrogen and oxygen atoms in total. The molecule has 1 aliphatic rings. The van der Waals surface area contributed by atoms with Gasteiger partial charge < -0.3 is 9.47 Å². The molecule has 0 aliphatic carbocycles. The summed E-state index contributed by atoms with van der Waals surface area (Å²) in [5.41, 5.74) is 1.25. The van der Waals surface area contributed by atoms with Crippen molar-refractivity contribution in [3.63, 3.8) is 0 Å². The van der Waals surface area contributed by atoms with Crippen LogP contribution >= 0.6 is 0 Å². The van der Waals surface area contributed by atoms with Crippen LogP contribution in [0.1, 0.15) is 5.56 Å². The zero-order valence-corrected chi connectivity index (χ0v) is 12.7. The van der Waals surface area contributed by atoms with Gasteiger partial charge in [0.05, 0.1) is 7.11 Å². The van der Waals surface area contributed by atoms with Crippen LogP contribution in [-0.2, 0) is 4.79 Å². The second kappa shape index (κ2) is 5.96. The number of nitrogens with zero attached hydrogens (tertiary/aromatic N) is 2. The number of pyridine rings is 1. The van der Waals surface area contributed by atoms with Crippen LogP contribution in [0.5, 0.6) is 17.4 Å². The summed E-state index contributed by atoms with van der Waals surface area (Å²) < 4.78 is 11.0. The van der Waals surface area contributed by atoms with E-state index in [9.17, 15) is 9.59 Å². The Morgan fingerprint density at radius 3 is 2.70 bits per heavy atom. The van der Waals surface area contributed by atoms with E-state index in [1.807, 2.05) is 6.92 Å². The largest absolute Gasteiger partial charge is 0.497 e. The van der Waals surface area contributed by atoms with Gasteiger partial charge in [0.15, 0.2) is 0 Å². The minimum atomic E-state index is -0.485.